The molecule has 0 N–H and O–H groups in total. The normalized spacial score (nSPS) is 46.1. The van der Waals surface area contributed by atoms with Crippen LogP contribution >= 0.6 is 0 Å². The monoisotopic (exact) mass is 318 g/mol. The molecule has 4 saturated carbocycles. The summed E-state index contributed by atoms with van der Waals surface area (Å²) >= 11 is 0. The molecule has 4 aliphatic rings. The molecule has 0 aromatic rings. The Morgan fingerprint density at radius 2 is 1.61 bits per heavy atom. The molecule has 0 aromatic heterocycles. The fourth-order valence-corrected chi connectivity index (χ4v) is 7.10. The third kappa shape index (κ3) is 2.65. The number of carbonyl (C=O) groups is 1. The van der Waals surface area contributed by atoms with Gasteiger partial charge in [0.05, 0.1) is 5.92 Å². The summed E-state index contributed by atoms with van der Waals surface area (Å²) in [6.45, 7) is 4.74. The lowest BCUT2D eigenvalue weighted by atomic mass is 9.70. The highest BCUT2D eigenvalue weighted by Gasteiger charge is 2.61. The SMILES string of the molecule is CCC1CC(CC)C2C3CC(CC3C(=O)OC3CCCCC3)C12. The first kappa shape index (κ1) is 16.0. The van der Waals surface area contributed by atoms with Crippen LogP contribution < -0.4 is 0 Å². The number of hydrogen-bond donors (Lipinski definition) is 0. The smallest absolute Gasteiger partial charge is 0.309 e. The molecule has 0 saturated heterocycles. The van der Waals surface area contributed by atoms with Crippen LogP contribution in [-0.4, -0.2) is 12.1 Å². The van der Waals surface area contributed by atoms with Crippen molar-refractivity contribution in [1.29, 1.82) is 0 Å². The zero-order valence-corrected chi connectivity index (χ0v) is 15.0. The van der Waals surface area contributed by atoms with E-state index < -0.39 is 0 Å². The molecule has 0 spiro atoms. The number of carbonyl (C=O) groups excluding carboxylic acids is 1. The van der Waals surface area contributed by atoms with Crippen LogP contribution in [0.5, 0.6) is 0 Å². The van der Waals surface area contributed by atoms with Gasteiger partial charge in [-0.3, -0.25) is 4.79 Å². The van der Waals surface area contributed by atoms with Crippen LogP contribution in [0.4, 0.5) is 0 Å². The summed E-state index contributed by atoms with van der Waals surface area (Å²) in [4.78, 5) is 12.8. The van der Waals surface area contributed by atoms with E-state index in [2.05, 4.69) is 13.8 Å². The number of fused-ring (bicyclic) bond motifs is 5. The maximum Gasteiger partial charge on any atom is 0.309 e. The predicted octanol–water partition coefficient (Wildman–Crippen LogP) is 5.21. The van der Waals surface area contributed by atoms with E-state index in [1.54, 1.807) is 0 Å². The highest BCUT2D eigenvalue weighted by molar-refractivity contribution is 5.74. The molecule has 0 radical (unpaired) electrons. The average Bonchev–Trinajstić information content (AvgIpc) is 3.25. The van der Waals surface area contributed by atoms with E-state index in [9.17, 15) is 4.79 Å². The molecule has 0 aliphatic heterocycles. The van der Waals surface area contributed by atoms with E-state index in [0.717, 1.165) is 48.9 Å². The fourth-order valence-electron chi connectivity index (χ4n) is 7.10. The van der Waals surface area contributed by atoms with Crippen molar-refractivity contribution in [1.82, 2.24) is 0 Å². The molecular formula is C21H34O2. The Hall–Kier alpha value is -0.530. The Kier molecular flexibility index (Phi) is 4.45. The van der Waals surface area contributed by atoms with Crippen LogP contribution in [0.15, 0.2) is 0 Å². The summed E-state index contributed by atoms with van der Waals surface area (Å²) in [5.41, 5.74) is 0. The molecule has 0 heterocycles. The predicted molar refractivity (Wildman–Crippen MR) is 91.8 cm³/mol. The molecule has 23 heavy (non-hydrogen) atoms. The maximum absolute atomic E-state index is 12.8. The van der Waals surface area contributed by atoms with E-state index in [1.165, 1.54) is 44.9 Å². The van der Waals surface area contributed by atoms with E-state index in [1.807, 2.05) is 0 Å². The second-order valence-electron chi connectivity index (χ2n) is 8.93. The molecule has 2 nitrogen and oxygen atoms in total. The van der Waals surface area contributed by atoms with Crippen LogP contribution in [0, 0.1) is 41.4 Å². The molecule has 130 valence electrons. The molecule has 7 unspecified atom stereocenters. The number of ether oxygens (including phenoxy) is 1. The van der Waals surface area contributed by atoms with Gasteiger partial charge in [-0.15, -0.1) is 0 Å². The third-order valence-corrected chi connectivity index (χ3v) is 8.01. The second kappa shape index (κ2) is 6.41. The topological polar surface area (TPSA) is 26.3 Å². The number of esters is 1. The van der Waals surface area contributed by atoms with Gasteiger partial charge < -0.3 is 4.74 Å². The lowest BCUT2D eigenvalue weighted by molar-refractivity contribution is -0.159. The van der Waals surface area contributed by atoms with Crippen LogP contribution in [0.3, 0.4) is 0 Å². The minimum atomic E-state index is 0.178. The minimum Gasteiger partial charge on any atom is -0.462 e. The zero-order valence-electron chi connectivity index (χ0n) is 15.0. The molecular weight excluding hydrogens is 284 g/mol. The largest absolute Gasteiger partial charge is 0.462 e. The summed E-state index contributed by atoms with van der Waals surface area (Å²) in [6, 6.07) is 0. The molecule has 2 bridgehead atoms. The first-order chi connectivity index (χ1) is 11.2. The first-order valence-electron chi connectivity index (χ1n) is 10.4. The van der Waals surface area contributed by atoms with Crippen molar-refractivity contribution >= 4 is 5.97 Å². The van der Waals surface area contributed by atoms with Crippen LogP contribution in [0.1, 0.15) is 78.1 Å². The third-order valence-electron chi connectivity index (χ3n) is 8.01. The van der Waals surface area contributed by atoms with Gasteiger partial charge in [-0.25, -0.2) is 0 Å². The van der Waals surface area contributed by atoms with Gasteiger partial charge in [0.15, 0.2) is 0 Å². The van der Waals surface area contributed by atoms with Crippen molar-refractivity contribution in [3.8, 4) is 0 Å². The molecule has 4 aliphatic carbocycles. The van der Waals surface area contributed by atoms with E-state index in [-0.39, 0.29) is 18.0 Å². The summed E-state index contributed by atoms with van der Waals surface area (Å²) < 4.78 is 5.96. The summed E-state index contributed by atoms with van der Waals surface area (Å²) in [5.74, 6) is 5.50. The van der Waals surface area contributed by atoms with Gasteiger partial charge in [0.1, 0.15) is 6.10 Å². The van der Waals surface area contributed by atoms with Gasteiger partial charge in [-0.05, 0) is 80.5 Å². The highest BCUT2D eigenvalue weighted by Crippen LogP contribution is 2.65. The quantitative estimate of drug-likeness (QED) is 0.665. The number of hydrogen-bond acceptors (Lipinski definition) is 2. The molecule has 7 atom stereocenters. The van der Waals surface area contributed by atoms with Crippen LogP contribution in [0.2, 0.25) is 0 Å². The molecule has 0 aromatic carbocycles. The Labute approximate surface area is 141 Å². The molecule has 4 rings (SSSR count). The van der Waals surface area contributed by atoms with Gasteiger partial charge in [0.2, 0.25) is 0 Å². The van der Waals surface area contributed by atoms with Crippen molar-refractivity contribution in [2.75, 3.05) is 0 Å². The van der Waals surface area contributed by atoms with Crippen molar-refractivity contribution in [3.05, 3.63) is 0 Å². The molecule has 2 heteroatoms. The summed E-state index contributed by atoms with van der Waals surface area (Å²) in [5, 5.41) is 0. The Morgan fingerprint density at radius 3 is 2.30 bits per heavy atom. The molecule has 4 fully saturated rings. The second-order valence-corrected chi connectivity index (χ2v) is 8.93. The maximum atomic E-state index is 12.8. The lowest BCUT2D eigenvalue weighted by Gasteiger charge is -2.35. The standard InChI is InChI=1S/C21H34O2/c1-3-13-10-14(4-2)20-17-11-15(19(13)20)12-18(17)21(22)23-16-8-6-5-7-9-16/h13-20H,3-12H2,1-2H3. The van der Waals surface area contributed by atoms with E-state index in [4.69, 9.17) is 4.74 Å². The van der Waals surface area contributed by atoms with Crippen LogP contribution in [-0.2, 0) is 9.53 Å². The lowest BCUT2D eigenvalue weighted by Crippen LogP contribution is -2.36. The Morgan fingerprint density at radius 1 is 0.913 bits per heavy atom. The van der Waals surface area contributed by atoms with E-state index >= 15 is 0 Å². The van der Waals surface area contributed by atoms with E-state index in [0.29, 0.717) is 5.92 Å². The summed E-state index contributed by atoms with van der Waals surface area (Å²) in [7, 11) is 0. The Bertz CT molecular complexity index is 439. The van der Waals surface area contributed by atoms with Gasteiger partial charge in [-0.2, -0.15) is 0 Å². The van der Waals surface area contributed by atoms with Crippen LogP contribution in [0.25, 0.3) is 0 Å². The van der Waals surface area contributed by atoms with Crippen molar-refractivity contribution in [2.24, 2.45) is 41.4 Å². The highest BCUT2D eigenvalue weighted by atomic mass is 16.5. The Balaban J connectivity index is 1.44. The minimum absolute atomic E-state index is 0.178. The fraction of sp³-hybridized carbons (Fsp3) is 0.952. The zero-order chi connectivity index (χ0) is 16.0. The van der Waals surface area contributed by atoms with Gasteiger partial charge in [0, 0.05) is 0 Å². The van der Waals surface area contributed by atoms with Crippen molar-refractivity contribution in [3.63, 3.8) is 0 Å². The van der Waals surface area contributed by atoms with Gasteiger partial charge >= 0.3 is 5.97 Å². The summed E-state index contributed by atoms with van der Waals surface area (Å²) in [6.07, 6.45) is 12.8. The van der Waals surface area contributed by atoms with Crippen molar-refractivity contribution in [2.45, 2.75) is 84.2 Å². The number of rotatable bonds is 4. The average molecular weight is 319 g/mol. The van der Waals surface area contributed by atoms with Crippen molar-refractivity contribution < 1.29 is 9.53 Å². The first-order valence-corrected chi connectivity index (χ1v) is 10.4. The van der Waals surface area contributed by atoms with Gasteiger partial charge in [0.25, 0.3) is 0 Å². The molecule has 0 amide bonds. The van der Waals surface area contributed by atoms with Gasteiger partial charge in [-0.1, -0.05) is 33.1 Å².